The molecule has 3 heteroatoms. The fourth-order valence-corrected chi connectivity index (χ4v) is 2.15. The quantitative estimate of drug-likeness (QED) is 0.765. The van der Waals surface area contributed by atoms with Gasteiger partial charge in [0.15, 0.2) is 0 Å². The van der Waals surface area contributed by atoms with E-state index in [1.165, 1.54) is 25.0 Å². The number of aliphatic hydroxyl groups excluding tert-OH is 1. The van der Waals surface area contributed by atoms with Crippen LogP contribution in [0.1, 0.15) is 49.5 Å². The van der Waals surface area contributed by atoms with Gasteiger partial charge >= 0.3 is 0 Å². The summed E-state index contributed by atoms with van der Waals surface area (Å²) in [6.45, 7) is 0.241. The van der Waals surface area contributed by atoms with Crippen molar-refractivity contribution in [3.8, 4) is 0 Å². The first kappa shape index (κ1) is 8.48. The second-order valence-electron chi connectivity index (χ2n) is 4.75. The third kappa shape index (κ3) is 1.12. The minimum Gasteiger partial charge on any atom is -0.395 e. The fraction of sp³-hybridized carbons (Fsp3) is 0.727. The van der Waals surface area contributed by atoms with Crippen molar-refractivity contribution in [2.45, 2.75) is 43.4 Å². The van der Waals surface area contributed by atoms with Gasteiger partial charge in [0, 0.05) is 17.8 Å². The second-order valence-corrected chi connectivity index (χ2v) is 4.75. The minimum absolute atomic E-state index is 0.00198. The number of imidazole rings is 1. The molecule has 0 radical (unpaired) electrons. The molecule has 0 amide bonds. The fourth-order valence-electron chi connectivity index (χ4n) is 2.15. The summed E-state index contributed by atoms with van der Waals surface area (Å²) in [7, 11) is 0. The van der Waals surface area contributed by atoms with Crippen molar-refractivity contribution in [3.05, 3.63) is 17.7 Å². The summed E-state index contributed by atoms with van der Waals surface area (Å²) < 4.78 is 0. The Bertz CT molecular complexity index is 337. The van der Waals surface area contributed by atoms with Gasteiger partial charge in [-0.3, -0.25) is 0 Å². The molecule has 76 valence electrons. The molecule has 0 atom stereocenters. The third-order valence-corrected chi connectivity index (χ3v) is 3.80. The molecule has 0 saturated heterocycles. The minimum atomic E-state index is 0.00198. The van der Waals surface area contributed by atoms with Gasteiger partial charge in [-0.15, -0.1) is 0 Å². The highest BCUT2D eigenvalue weighted by molar-refractivity contribution is 5.22. The molecule has 1 aromatic heterocycles. The number of hydrogen-bond donors (Lipinski definition) is 2. The van der Waals surface area contributed by atoms with Crippen LogP contribution in [0.25, 0.3) is 0 Å². The average molecular weight is 192 g/mol. The van der Waals surface area contributed by atoms with Gasteiger partial charge in [-0.25, -0.2) is 4.98 Å². The van der Waals surface area contributed by atoms with Gasteiger partial charge in [0.05, 0.1) is 12.0 Å². The monoisotopic (exact) mass is 192 g/mol. The first-order valence-corrected chi connectivity index (χ1v) is 5.50. The molecule has 14 heavy (non-hydrogen) atoms. The second kappa shape index (κ2) is 2.83. The van der Waals surface area contributed by atoms with Gasteiger partial charge in [0.25, 0.3) is 0 Å². The van der Waals surface area contributed by atoms with E-state index in [1.54, 1.807) is 0 Å². The summed E-state index contributed by atoms with van der Waals surface area (Å²) in [5.74, 6) is 1.73. The Balaban J connectivity index is 1.83. The van der Waals surface area contributed by atoms with E-state index < -0.39 is 0 Å². The Labute approximate surface area is 83.6 Å². The molecule has 1 aromatic rings. The summed E-state index contributed by atoms with van der Waals surface area (Å²) in [6, 6.07) is 0. The smallest absolute Gasteiger partial charge is 0.114 e. The highest BCUT2D eigenvalue weighted by Gasteiger charge is 2.46. The van der Waals surface area contributed by atoms with Crippen LogP contribution in [0.2, 0.25) is 0 Å². The summed E-state index contributed by atoms with van der Waals surface area (Å²) in [5.41, 5.74) is 1.29. The van der Waals surface area contributed by atoms with Gasteiger partial charge in [-0.2, -0.15) is 0 Å². The first-order valence-electron chi connectivity index (χ1n) is 5.50. The van der Waals surface area contributed by atoms with E-state index >= 15 is 0 Å². The van der Waals surface area contributed by atoms with E-state index in [0.717, 1.165) is 18.7 Å². The normalized spacial score (nSPS) is 24.6. The number of nitrogens with one attached hydrogen (secondary N) is 1. The summed E-state index contributed by atoms with van der Waals surface area (Å²) in [4.78, 5) is 7.81. The van der Waals surface area contributed by atoms with Crippen molar-refractivity contribution in [1.29, 1.82) is 0 Å². The Morgan fingerprint density at radius 1 is 1.50 bits per heavy atom. The van der Waals surface area contributed by atoms with Gasteiger partial charge in [0.2, 0.25) is 0 Å². The van der Waals surface area contributed by atoms with Crippen LogP contribution in [0.4, 0.5) is 0 Å². The Morgan fingerprint density at radius 2 is 2.29 bits per heavy atom. The zero-order valence-corrected chi connectivity index (χ0v) is 8.29. The molecule has 1 heterocycles. The maximum absolute atomic E-state index is 9.27. The molecule has 2 aliphatic rings. The van der Waals surface area contributed by atoms with E-state index in [-0.39, 0.29) is 12.0 Å². The van der Waals surface area contributed by atoms with Crippen LogP contribution in [0.15, 0.2) is 6.20 Å². The van der Waals surface area contributed by atoms with Crippen molar-refractivity contribution in [2.75, 3.05) is 6.61 Å². The molecule has 0 aromatic carbocycles. The SMILES string of the molecule is OCC1(c2ncc(C3CCC3)[nH]2)CC1. The molecule has 2 fully saturated rings. The van der Waals surface area contributed by atoms with Crippen molar-refractivity contribution in [2.24, 2.45) is 0 Å². The number of nitrogens with zero attached hydrogens (tertiary/aromatic N) is 1. The molecule has 0 bridgehead atoms. The predicted octanol–water partition coefficient (Wildman–Crippen LogP) is 1.70. The Kier molecular flexibility index (Phi) is 1.71. The van der Waals surface area contributed by atoms with Gasteiger partial charge in [0.1, 0.15) is 5.82 Å². The Hall–Kier alpha value is -0.830. The lowest BCUT2D eigenvalue weighted by atomic mass is 9.83. The Morgan fingerprint density at radius 3 is 2.79 bits per heavy atom. The summed E-state index contributed by atoms with van der Waals surface area (Å²) in [6.07, 6.45) is 8.09. The number of aliphatic hydroxyl groups is 1. The molecule has 2 saturated carbocycles. The van der Waals surface area contributed by atoms with E-state index in [2.05, 4.69) is 9.97 Å². The van der Waals surface area contributed by atoms with E-state index in [0.29, 0.717) is 5.92 Å². The number of aromatic amines is 1. The molecule has 3 rings (SSSR count). The van der Waals surface area contributed by atoms with E-state index in [4.69, 9.17) is 0 Å². The van der Waals surface area contributed by atoms with Crippen molar-refractivity contribution >= 4 is 0 Å². The first-order chi connectivity index (χ1) is 6.84. The molecule has 0 aliphatic heterocycles. The summed E-state index contributed by atoms with van der Waals surface area (Å²) in [5, 5.41) is 9.27. The standard InChI is InChI=1S/C11H16N2O/c14-7-11(4-5-11)10-12-6-9(13-10)8-2-1-3-8/h6,8,14H,1-5,7H2,(H,12,13). The van der Waals surface area contributed by atoms with Gasteiger partial charge in [-0.05, 0) is 25.7 Å². The largest absolute Gasteiger partial charge is 0.395 e. The molecular weight excluding hydrogens is 176 g/mol. The molecular formula is C11H16N2O. The van der Waals surface area contributed by atoms with Crippen LogP contribution in [-0.4, -0.2) is 21.7 Å². The maximum atomic E-state index is 9.27. The number of hydrogen-bond acceptors (Lipinski definition) is 2. The van der Waals surface area contributed by atoms with Gasteiger partial charge in [-0.1, -0.05) is 6.42 Å². The summed E-state index contributed by atoms with van der Waals surface area (Å²) >= 11 is 0. The highest BCUT2D eigenvalue weighted by atomic mass is 16.3. The average Bonchev–Trinajstić information content (AvgIpc) is 2.78. The lowest BCUT2D eigenvalue weighted by Gasteiger charge is -2.23. The molecule has 2 N–H and O–H groups in total. The zero-order chi connectivity index (χ0) is 9.60. The van der Waals surface area contributed by atoms with Crippen LogP contribution in [0.3, 0.4) is 0 Å². The topological polar surface area (TPSA) is 48.9 Å². The maximum Gasteiger partial charge on any atom is 0.114 e. The van der Waals surface area contributed by atoms with Crippen LogP contribution in [0, 0.1) is 0 Å². The number of rotatable bonds is 3. The van der Waals surface area contributed by atoms with E-state index in [9.17, 15) is 5.11 Å². The predicted molar refractivity (Wildman–Crippen MR) is 53.2 cm³/mol. The zero-order valence-electron chi connectivity index (χ0n) is 8.29. The number of aromatic nitrogens is 2. The number of H-pyrrole nitrogens is 1. The lowest BCUT2D eigenvalue weighted by Crippen LogP contribution is -2.15. The van der Waals surface area contributed by atoms with Crippen molar-refractivity contribution < 1.29 is 5.11 Å². The van der Waals surface area contributed by atoms with Gasteiger partial charge < -0.3 is 10.1 Å². The van der Waals surface area contributed by atoms with Crippen molar-refractivity contribution in [3.63, 3.8) is 0 Å². The molecule has 0 spiro atoms. The van der Waals surface area contributed by atoms with Crippen molar-refractivity contribution in [1.82, 2.24) is 9.97 Å². The highest BCUT2D eigenvalue weighted by Crippen LogP contribution is 2.47. The van der Waals surface area contributed by atoms with Crippen LogP contribution >= 0.6 is 0 Å². The molecule has 2 aliphatic carbocycles. The molecule has 0 unspecified atom stereocenters. The lowest BCUT2D eigenvalue weighted by molar-refractivity contribution is 0.250. The van der Waals surface area contributed by atoms with Crippen LogP contribution in [-0.2, 0) is 5.41 Å². The van der Waals surface area contributed by atoms with E-state index in [1.807, 2.05) is 6.20 Å². The molecule has 3 nitrogen and oxygen atoms in total. The van der Waals surface area contributed by atoms with Crippen LogP contribution in [0.5, 0.6) is 0 Å². The van der Waals surface area contributed by atoms with Crippen LogP contribution < -0.4 is 0 Å². The third-order valence-electron chi connectivity index (χ3n) is 3.80.